The Morgan fingerprint density at radius 1 is 0.944 bits per heavy atom. The fourth-order valence-electron chi connectivity index (χ4n) is 1.20. The molecule has 0 saturated heterocycles. The zero-order valence-electron chi connectivity index (χ0n) is 9.12. The van der Waals surface area contributed by atoms with E-state index in [1.54, 1.807) is 0 Å². The minimum absolute atomic E-state index is 0.0273. The molecule has 0 N–H and O–H groups in total. The average molecular weight is 377 g/mol. The quantitative estimate of drug-likeness (QED) is 0.769. The van der Waals surface area contributed by atoms with Gasteiger partial charge in [0.05, 0.1) is 4.90 Å². The Balaban J connectivity index is 2.28. The molecule has 0 heterocycles. The number of rotatable bonds is 3. The SMILES string of the molecule is O=S(=O)(N=Ic1ccccc1)c1ccc(F)cc1. The first kappa shape index (κ1) is 13.3. The molecule has 2 aromatic rings. The van der Waals surface area contributed by atoms with Crippen LogP contribution in [0.2, 0.25) is 0 Å². The summed E-state index contributed by atoms with van der Waals surface area (Å²) >= 11 is -0.953. The molecular weight excluding hydrogens is 368 g/mol. The van der Waals surface area contributed by atoms with E-state index >= 15 is 0 Å². The van der Waals surface area contributed by atoms with Crippen LogP contribution in [-0.2, 0) is 10.0 Å². The highest BCUT2D eigenvalue weighted by Crippen LogP contribution is 2.20. The van der Waals surface area contributed by atoms with Crippen molar-refractivity contribution in [1.29, 1.82) is 0 Å². The molecule has 0 radical (unpaired) electrons. The molecule has 94 valence electrons. The van der Waals surface area contributed by atoms with Crippen molar-refractivity contribution in [2.45, 2.75) is 4.90 Å². The first-order valence-corrected chi connectivity index (χ1v) is 8.48. The summed E-state index contributed by atoms with van der Waals surface area (Å²) < 4.78 is 41.1. The molecule has 0 aromatic heterocycles. The van der Waals surface area contributed by atoms with Crippen LogP contribution in [0.15, 0.2) is 62.0 Å². The monoisotopic (exact) mass is 377 g/mol. The van der Waals surface area contributed by atoms with E-state index in [0.717, 1.165) is 15.7 Å². The summed E-state index contributed by atoms with van der Waals surface area (Å²) in [5, 5.41) is 0. The Hall–Kier alpha value is -1.15. The van der Waals surface area contributed by atoms with E-state index in [1.807, 2.05) is 30.3 Å². The molecule has 0 saturated carbocycles. The van der Waals surface area contributed by atoms with Crippen molar-refractivity contribution in [1.82, 2.24) is 0 Å². The summed E-state index contributed by atoms with van der Waals surface area (Å²) in [5.74, 6) is -0.466. The Morgan fingerprint density at radius 2 is 1.56 bits per heavy atom. The second kappa shape index (κ2) is 5.66. The van der Waals surface area contributed by atoms with E-state index in [9.17, 15) is 12.8 Å². The fraction of sp³-hybridized carbons (Fsp3) is 0. The first-order valence-electron chi connectivity index (χ1n) is 5.00. The van der Waals surface area contributed by atoms with Crippen LogP contribution in [0.3, 0.4) is 0 Å². The molecule has 6 heteroatoms. The third-order valence-corrected chi connectivity index (χ3v) is 6.61. The number of nitrogens with zero attached hydrogens (tertiary/aromatic N) is 1. The predicted molar refractivity (Wildman–Crippen MR) is 75.2 cm³/mol. The second-order valence-corrected chi connectivity index (χ2v) is 7.85. The molecule has 0 aliphatic heterocycles. The van der Waals surface area contributed by atoms with Gasteiger partial charge in [-0.15, -0.1) is 2.55 Å². The van der Waals surface area contributed by atoms with Gasteiger partial charge in [0.1, 0.15) is 5.82 Å². The van der Waals surface area contributed by atoms with Crippen molar-refractivity contribution >= 4 is 31.1 Å². The molecule has 0 fully saturated rings. The molecule has 0 spiro atoms. The third-order valence-electron chi connectivity index (χ3n) is 2.07. The van der Waals surface area contributed by atoms with Crippen molar-refractivity contribution in [2.75, 3.05) is 0 Å². The number of hydrogen-bond donors (Lipinski definition) is 0. The maximum Gasteiger partial charge on any atom is 0.286 e. The Bertz CT molecular complexity index is 654. The van der Waals surface area contributed by atoms with Crippen LogP contribution in [0.1, 0.15) is 0 Å². The first-order chi connectivity index (χ1) is 8.58. The van der Waals surface area contributed by atoms with Gasteiger partial charge in [-0.3, -0.25) is 0 Å². The van der Waals surface area contributed by atoms with Crippen molar-refractivity contribution in [3.8, 4) is 0 Å². The lowest BCUT2D eigenvalue weighted by atomic mass is 10.4. The van der Waals surface area contributed by atoms with E-state index < -0.39 is 36.9 Å². The molecular formula is C12H9FINO2S. The van der Waals surface area contributed by atoms with Crippen LogP contribution < -0.4 is 0 Å². The molecule has 0 atom stereocenters. The second-order valence-electron chi connectivity index (χ2n) is 3.38. The van der Waals surface area contributed by atoms with Gasteiger partial charge in [-0.05, 0) is 36.4 Å². The van der Waals surface area contributed by atoms with Crippen LogP contribution >= 0.6 is 21.0 Å². The third kappa shape index (κ3) is 3.42. The maximum atomic E-state index is 12.7. The summed E-state index contributed by atoms with van der Waals surface area (Å²) in [7, 11) is -3.67. The normalized spacial score (nSPS) is 12.3. The van der Waals surface area contributed by atoms with Crippen LogP contribution in [0.5, 0.6) is 0 Å². The molecule has 2 rings (SSSR count). The highest BCUT2D eigenvalue weighted by Gasteiger charge is 2.11. The van der Waals surface area contributed by atoms with Gasteiger partial charge in [0.15, 0.2) is 0 Å². The Morgan fingerprint density at radius 3 is 2.17 bits per heavy atom. The van der Waals surface area contributed by atoms with Gasteiger partial charge in [-0.1, -0.05) is 18.2 Å². The van der Waals surface area contributed by atoms with Gasteiger partial charge in [-0.25, -0.2) is 4.39 Å². The van der Waals surface area contributed by atoms with Gasteiger partial charge in [0, 0.05) is 24.6 Å². The minimum Gasteiger partial charge on any atom is -0.207 e. The molecule has 0 bridgehead atoms. The van der Waals surface area contributed by atoms with Gasteiger partial charge in [-0.2, -0.15) is 8.42 Å². The van der Waals surface area contributed by atoms with E-state index in [4.69, 9.17) is 0 Å². The van der Waals surface area contributed by atoms with E-state index in [2.05, 4.69) is 2.55 Å². The zero-order valence-corrected chi connectivity index (χ0v) is 12.1. The summed E-state index contributed by atoms with van der Waals surface area (Å²) in [6.07, 6.45) is 0. The van der Waals surface area contributed by atoms with Gasteiger partial charge in [0.2, 0.25) is 0 Å². The topological polar surface area (TPSA) is 46.5 Å². The number of benzene rings is 2. The van der Waals surface area contributed by atoms with Crippen LogP contribution in [0.25, 0.3) is 0 Å². The minimum atomic E-state index is -3.67. The molecule has 0 unspecified atom stereocenters. The summed E-state index contributed by atoms with van der Waals surface area (Å²) in [6.45, 7) is 0. The van der Waals surface area contributed by atoms with Crippen molar-refractivity contribution in [2.24, 2.45) is 2.55 Å². The zero-order chi connectivity index (χ0) is 13.0. The molecule has 18 heavy (non-hydrogen) atoms. The molecule has 3 nitrogen and oxygen atoms in total. The van der Waals surface area contributed by atoms with Crippen molar-refractivity contribution in [3.05, 3.63) is 64.0 Å². The molecule has 0 aliphatic rings. The van der Waals surface area contributed by atoms with E-state index in [-0.39, 0.29) is 4.90 Å². The highest BCUT2D eigenvalue weighted by molar-refractivity contribution is 14.2. The summed E-state index contributed by atoms with van der Waals surface area (Å²) in [5.41, 5.74) is 0. The van der Waals surface area contributed by atoms with Gasteiger partial charge >= 0.3 is 0 Å². The van der Waals surface area contributed by atoms with Crippen molar-refractivity contribution < 1.29 is 12.8 Å². The largest absolute Gasteiger partial charge is 0.286 e. The Labute approximate surface area is 115 Å². The van der Waals surface area contributed by atoms with Crippen molar-refractivity contribution in [3.63, 3.8) is 0 Å². The van der Waals surface area contributed by atoms with E-state index in [0.29, 0.717) is 0 Å². The van der Waals surface area contributed by atoms with Crippen LogP contribution in [0, 0.1) is 9.39 Å². The number of sulfonamides is 1. The fourth-order valence-corrected chi connectivity index (χ4v) is 4.81. The Kier molecular flexibility index (Phi) is 4.18. The van der Waals surface area contributed by atoms with Crippen LogP contribution in [0.4, 0.5) is 4.39 Å². The van der Waals surface area contributed by atoms with Gasteiger partial charge in [0.25, 0.3) is 10.0 Å². The van der Waals surface area contributed by atoms with Gasteiger partial charge < -0.3 is 0 Å². The highest BCUT2D eigenvalue weighted by atomic mass is 127. The number of halogens is 2. The smallest absolute Gasteiger partial charge is 0.207 e. The molecule has 0 aliphatic carbocycles. The predicted octanol–water partition coefficient (Wildman–Crippen LogP) is 3.54. The maximum absolute atomic E-state index is 12.7. The lowest BCUT2D eigenvalue weighted by Crippen LogP contribution is -1.94. The van der Waals surface area contributed by atoms with E-state index in [1.165, 1.54) is 12.1 Å². The average Bonchev–Trinajstić information content (AvgIpc) is 2.38. The molecule has 0 amide bonds. The lowest BCUT2D eigenvalue weighted by Gasteiger charge is -1.97. The number of hydrogen-bond acceptors (Lipinski definition) is 2. The lowest BCUT2D eigenvalue weighted by molar-refractivity contribution is 0.597. The summed E-state index contributed by atoms with van der Waals surface area (Å²) in [4.78, 5) is 0.0273. The standard InChI is InChI=1S/C12H9FINO2S/c13-10-6-8-12(9-7-10)18(16,17)15-14-11-4-2-1-3-5-11/h1-9H. The van der Waals surface area contributed by atoms with Crippen LogP contribution in [-0.4, -0.2) is 8.42 Å². The summed E-state index contributed by atoms with van der Waals surface area (Å²) in [6, 6.07) is 13.9. The molecule has 2 aromatic carbocycles.